The summed E-state index contributed by atoms with van der Waals surface area (Å²) in [5.74, 6) is -1.23. The van der Waals surface area contributed by atoms with Crippen molar-refractivity contribution >= 4 is 28.5 Å². The largest absolute Gasteiger partial charge is 0.335 e. The van der Waals surface area contributed by atoms with E-state index in [1.54, 1.807) is 37.6 Å². The highest BCUT2D eigenvalue weighted by molar-refractivity contribution is 6.39. The molecule has 1 aromatic carbocycles. The molecule has 1 aromatic heterocycles. The van der Waals surface area contributed by atoms with Crippen molar-refractivity contribution in [2.75, 3.05) is 12.4 Å². The second-order valence-electron chi connectivity index (χ2n) is 4.72. The van der Waals surface area contributed by atoms with Crippen molar-refractivity contribution in [3.63, 3.8) is 0 Å². The van der Waals surface area contributed by atoms with Crippen molar-refractivity contribution in [3.8, 4) is 0 Å². The van der Waals surface area contributed by atoms with E-state index in [1.165, 1.54) is 4.90 Å². The Kier molecular flexibility index (Phi) is 3.93. The fraction of sp³-hybridized carbons (Fsp3) is 0.286. The first-order valence-electron chi connectivity index (χ1n) is 6.28. The molecule has 1 N–H and O–H groups in total. The first-order valence-corrected chi connectivity index (χ1v) is 6.28. The van der Waals surface area contributed by atoms with Gasteiger partial charge in [-0.05, 0) is 32.0 Å². The molecule has 0 aliphatic carbocycles. The van der Waals surface area contributed by atoms with Crippen molar-refractivity contribution in [2.45, 2.75) is 19.9 Å². The number of rotatable bonds is 2. The van der Waals surface area contributed by atoms with Gasteiger partial charge in [-0.3, -0.25) is 19.6 Å². The second kappa shape index (κ2) is 5.64. The summed E-state index contributed by atoms with van der Waals surface area (Å²) in [6.07, 6.45) is 3.17. The van der Waals surface area contributed by atoms with E-state index in [0.717, 1.165) is 5.52 Å². The Bertz CT molecular complexity index is 654. The molecule has 0 aliphatic rings. The number of benzene rings is 1. The lowest BCUT2D eigenvalue weighted by molar-refractivity contribution is -0.143. The molecule has 6 nitrogen and oxygen atoms in total. The van der Waals surface area contributed by atoms with Crippen LogP contribution < -0.4 is 5.32 Å². The molecule has 0 fully saturated rings. The van der Waals surface area contributed by atoms with E-state index in [2.05, 4.69) is 15.3 Å². The zero-order chi connectivity index (χ0) is 14.7. The first kappa shape index (κ1) is 13.9. The van der Waals surface area contributed by atoms with Gasteiger partial charge in [-0.25, -0.2) is 0 Å². The van der Waals surface area contributed by atoms with Gasteiger partial charge in [0.25, 0.3) is 0 Å². The predicted molar refractivity (Wildman–Crippen MR) is 76.1 cm³/mol. The SMILES string of the molecule is CC(C)N(C)C(=O)C(=O)Nc1ccc2nccnc2c1. The molecule has 0 unspecified atom stereocenters. The van der Waals surface area contributed by atoms with Crippen molar-refractivity contribution in [2.24, 2.45) is 0 Å². The fourth-order valence-electron chi connectivity index (χ4n) is 1.62. The highest BCUT2D eigenvalue weighted by atomic mass is 16.2. The lowest BCUT2D eigenvalue weighted by Gasteiger charge is -2.20. The summed E-state index contributed by atoms with van der Waals surface area (Å²) in [7, 11) is 1.60. The molecular weight excluding hydrogens is 256 g/mol. The summed E-state index contributed by atoms with van der Waals surface area (Å²) < 4.78 is 0. The van der Waals surface area contributed by atoms with Crippen molar-refractivity contribution in [1.29, 1.82) is 0 Å². The van der Waals surface area contributed by atoms with Crippen molar-refractivity contribution in [1.82, 2.24) is 14.9 Å². The van der Waals surface area contributed by atoms with Gasteiger partial charge in [0.15, 0.2) is 0 Å². The third kappa shape index (κ3) is 2.90. The minimum absolute atomic E-state index is 0.0317. The van der Waals surface area contributed by atoms with E-state index < -0.39 is 11.8 Å². The maximum absolute atomic E-state index is 11.9. The van der Waals surface area contributed by atoms with Gasteiger partial charge in [-0.2, -0.15) is 0 Å². The Labute approximate surface area is 116 Å². The predicted octanol–water partition coefficient (Wildman–Crippen LogP) is 1.44. The van der Waals surface area contributed by atoms with Crippen LogP contribution in [0.4, 0.5) is 5.69 Å². The molecule has 0 saturated carbocycles. The van der Waals surface area contributed by atoms with Crippen LogP contribution in [0.5, 0.6) is 0 Å². The van der Waals surface area contributed by atoms with E-state index >= 15 is 0 Å². The number of nitrogens with one attached hydrogen (secondary N) is 1. The average molecular weight is 272 g/mol. The molecule has 0 aliphatic heterocycles. The third-order valence-electron chi connectivity index (χ3n) is 3.02. The van der Waals surface area contributed by atoms with E-state index in [1.807, 2.05) is 13.8 Å². The molecule has 2 aromatic rings. The Balaban J connectivity index is 2.15. The van der Waals surface area contributed by atoms with Gasteiger partial charge in [-0.1, -0.05) is 0 Å². The number of aromatic nitrogens is 2. The number of hydrogen-bond donors (Lipinski definition) is 1. The molecule has 2 amide bonds. The summed E-state index contributed by atoms with van der Waals surface area (Å²) in [5, 5.41) is 2.57. The van der Waals surface area contributed by atoms with Gasteiger partial charge in [0.2, 0.25) is 0 Å². The molecule has 0 atom stereocenters. The third-order valence-corrected chi connectivity index (χ3v) is 3.02. The minimum atomic E-state index is -0.663. The number of hydrogen-bond acceptors (Lipinski definition) is 4. The summed E-state index contributed by atoms with van der Waals surface area (Å²) in [6.45, 7) is 3.69. The quantitative estimate of drug-likeness (QED) is 0.839. The molecule has 0 radical (unpaired) electrons. The minimum Gasteiger partial charge on any atom is -0.335 e. The number of fused-ring (bicyclic) bond motifs is 1. The average Bonchev–Trinajstić information content (AvgIpc) is 2.45. The van der Waals surface area contributed by atoms with Crippen LogP contribution in [0.15, 0.2) is 30.6 Å². The highest BCUT2D eigenvalue weighted by Crippen LogP contribution is 2.15. The smallest absolute Gasteiger partial charge is 0.313 e. The molecule has 20 heavy (non-hydrogen) atoms. The van der Waals surface area contributed by atoms with Crippen LogP contribution in [0.25, 0.3) is 11.0 Å². The van der Waals surface area contributed by atoms with Crippen LogP contribution in [0, 0.1) is 0 Å². The zero-order valence-electron chi connectivity index (χ0n) is 11.6. The van der Waals surface area contributed by atoms with Gasteiger partial charge < -0.3 is 10.2 Å². The molecule has 0 saturated heterocycles. The van der Waals surface area contributed by atoms with E-state index in [9.17, 15) is 9.59 Å². The Hall–Kier alpha value is -2.50. The Morgan fingerprint density at radius 2 is 1.80 bits per heavy atom. The molecule has 0 bridgehead atoms. The molecule has 2 rings (SSSR count). The summed E-state index contributed by atoms with van der Waals surface area (Å²) in [6, 6.07) is 5.09. The standard InChI is InChI=1S/C14H16N4O2/c1-9(2)18(3)14(20)13(19)17-10-4-5-11-12(8-10)16-7-6-15-11/h4-9H,1-3H3,(H,17,19). The number of likely N-dealkylation sites (N-methyl/N-ethyl adjacent to an activating group) is 1. The normalized spacial score (nSPS) is 10.6. The van der Waals surface area contributed by atoms with E-state index in [0.29, 0.717) is 11.2 Å². The highest BCUT2D eigenvalue weighted by Gasteiger charge is 2.20. The molecule has 104 valence electrons. The molecule has 0 spiro atoms. The molecular formula is C14H16N4O2. The number of carbonyl (C=O) groups is 2. The number of amides is 2. The molecule has 1 heterocycles. The van der Waals surface area contributed by atoms with Crippen LogP contribution in [0.2, 0.25) is 0 Å². The van der Waals surface area contributed by atoms with Crippen LogP contribution in [-0.4, -0.2) is 39.8 Å². The van der Waals surface area contributed by atoms with Gasteiger partial charge in [0.1, 0.15) is 0 Å². The fourth-order valence-corrected chi connectivity index (χ4v) is 1.62. The maximum atomic E-state index is 11.9. The zero-order valence-corrected chi connectivity index (χ0v) is 11.6. The van der Waals surface area contributed by atoms with Gasteiger partial charge in [-0.15, -0.1) is 0 Å². The maximum Gasteiger partial charge on any atom is 0.313 e. The van der Waals surface area contributed by atoms with Gasteiger partial charge >= 0.3 is 11.8 Å². The van der Waals surface area contributed by atoms with Crippen LogP contribution >= 0.6 is 0 Å². The van der Waals surface area contributed by atoms with E-state index in [4.69, 9.17) is 0 Å². The second-order valence-corrected chi connectivity index (χ2v) is 4.72. The number of nitrogens with zero attached hydrogens (tertiary/aromatic N) is 3. The van der Waals surface area contributed by atoms with Crippen LogP contribution in [0.1, 0.15) is 13.8 Å². The van der Waals surface area contributed by atoms with Crippen LogP contribution in [0.3, 0.4) is 0 Å². The topological polar surface area (TPSA) is 75.2 Å². The Morgan fingerprint density at radius 3 is 2.45 bits per heavy atom. The van der Waals surface area contributed by atoms with Crippen LogP contribution in [-0.2, 0) is 9.59 Å². The first-order chi connectivity index (χ1) is 9.49. The summed E-state index contributed by atoms with van der Waals surface area (Å²) >= 11 is 0. The Morgan fingerprint density at radius 1 is 1.15 bits per heavy atom. The lowest BCUT2D eigenvalue weighted by atomic mass is 10.2. The number of anilines is 1. The monoisotopic (exact) mass is 272 g/mol. The summed E-state index contributed by atoms with van der Waals surface area (Å²) in [4.78, 5) is 33.4. The van der Waals surface area contributed by atoms with Gasteiger partial charge in [0.05, 0.1) is 11.0 Å². The number of carbonyl (C=O) groups excluding carboxylic acids is 2. The van der Waals surface area contributed by atoms with Crippen molar-refractivity contribution < 1.29 is 9.59 Å². The molecule has 6 heteroatoms. The van der Waals surface area contributed by atoms with Crippen molar-refractivity contribution in [3.05, 3.63) is 30.6 Å². The van der Waals surface area contributed by atoms with E-state index in [-0.39, 0.29) is 6.04 Å². The van der Waals surface area contributed by atoms with Gasteiger partial charge in [0, 0.05) is 31.2 Å². The summed E-state index contributed by atoms with van der Waals surface area (Å²) in [5.41, 5.74) is 1.92. The lowest BCUT2D eigenvalue weighted by Crippen LogP contribution is -2.40.